The van der Waals surface area contributed by atoms with Gasteiger partial charge in [-0.2, -0.15) is 13.2 Å². The fraction of sp³-hybridized carbons (Fsp3) is 0.0714. The standard InChI is InChI=1S/C14H8ClF3O/c15-13-4-2-1-3-12(13)11-6-5-10(14(16,17)18)7-9(11)8-19/h1-8H. The summed E-state index contributed by atoms with van der Waals surface area (Å²) < 4.78 is 37.7. The summed E-state index contributed by atoms with van der Waals surface area (Å²) in [6, 6.07) is 9.69. The minimum Gasteiger partial charge on any atom is -0.298 e. The summed E-state index contributed by atoms with van der Waals surface area (Å²) in [6.07, 6.45) is -4.08. The van der Waals surface area contributed by atoms with Crippen LogP contribution in [-0.2, 0) is 6.18 Å². The molecule has 5 heteroatoms. The number of rotatable bonds is 2. The van der Waals surface area contributed by atoms with Crippen molar-refractivity contribution >= 4 is 17.9 Å². The number of carbonyl (C=O) groups excluding carboxylic acids is 1. The largest absolute Gasteiger partial charge is 0.416 e. The first-order valence-electron chi connectivity index (χ1n) is 5.35. The van der Waals surface area contributed by atoms with Crippen molar-refractivity contribution in [1.82, 2.24) is 0 Å². The molecule has 19 heavy (non-hydrogen) atoms. The molecule has 0 unspecified atom stereocenters. The van der Waals surface area contributed by atoms with Crippen molar-refractivity contribution in [2.45, 2.75) is 6.18 Å². The van der Waals surface area contributed by atoms with Crippen LogP contribution in [-0.4, -0.2) is 6.29 Å². The molecule has 98 valence electrons. The van der Waals surface area contributed by atoms with Gasteiger partial charge in [-0.05, 0) is 23.8 Å². The zero-order valence-corrected chi connectivity index (χ0v) is 10.3. The minimum absolute atomic E-state index is 0.0390. The fourth-order valence-corrected chi connectivity index (χ4v) is 2.00. The Balaban J connectivity index is 2.60. The SMILES string of the molecule is O=Cc1cc(C(F)(F)F)ccc1-c1ccccc1Cl. The number of benzene rings is 2. The third-order valence-corrected chi connectivity index (χ3v) is 3.00. The normalized spacial score (nSPS) is 11.4. The van der Waals surface area contributed by atoms with Gasteiger partial charge in [-0.15, -0.1) is 0 Å². The lowest BCUT2D eigenvalue weighted by atomic mass is 9.98. The molecule has 0 amide bonds. The lowest BCUT2D eigenvalue weighted by molar-refractivity contribution is -0.137. The first kappa shape index (κ1) is 13.6. The van der Waals surface area contributed by atoms with Gasteiger partial charge in [0.1, 0.15) is 0 Å². The highest BCUT2D eigenvalue weighted by atomic mass is 35.5. The molecule has 0 radical (unpaired) electrons. The smallest absolute Gasteiger partial charge is 0.298 e. The van der Waals surface area contributed by atoms with Gasteiger partial charge in [0.2, 0.25) is 0 Å². The number of carbonyl (C=O) groups is 1. The molecule has 2 aromatic rings. The second-order valence-electron chi connectivity index (χ2n) is 3.90. The molecule has 0 heterocycles. The maximum atomic E-state index is 12.6. The summed E-state index contributed by atoms with van der Waals surface area (Å²) in [5.41, 5.74) is 0.0157. The number of aldehydes is 1. The highest BCUT2D eigenvalue weighted by Gasteiger charge is 2.31. The zero-order valence-electron chi connectivity index (χ0n) is 9.54. The van der Waals surface area contributed by atoms with E-state index in [2.05, 4.69) is 0 Å². The van der Waals surface area contributed by atoms with E-state index < -0.39 is 11.7 Å². The van der Waals surface area contributed by atoms with Crippen molar-refractivity contribution in [2.75, 3.05) is 0 Å². The van der Waals surface area contributed by atoms with Gasteiger partial charge in [-0.25, -0.2) is 0 Å². The van der Waals surface area contributed by atoms with E-state index in [1.807, 2.05) is 0 Å². The summed E-state index contributed by atoms with van der Waals surface area (Å²) in [7, 11) is 0. The second kappa shape index (κ2) is 5.05. The van der Waals surface area contributed by atoms with Crippen LogP contribution in [0, 0.1) is 0 Å². The third-order valence-electron chi connectivity index (χ3n) is 2.67. The van der Waals surface area contributed by atoms with Crippen molar-refractivity contribution in [1.29, 1.82) is 0 Å². The molecule has 0 saturated heterocycles. The molecular weight excluding hydrogens is 277 g/mol. The second-order valence-corrected chi connectivity index (χ2v) is 4.30. The molecule has 0 saturated carbocycles. The van der Waals surface area contributed by atoms with E-state index in [4.69, 9.17) is 11.6 Å². The summed E-state index contributed by atoms with van der Waals surface area (Å²) in [5.74, 6) is 0. The molecule has 0 aromatic heterocycles. The predicted octanol–water partition coefficient (Wildman–Crippen LogP) is 4.84. The van der Waals surface area contributed by atoms with Gasteiger partial charge in [-0.1, -0.05) is 35.9 Å². The molecule has 2 rings (SSSR count). The van der Waals surface area contributed by atoms with Crippen LogP contribution >= 0.6 is 11.6 Å². The average molecular weight is 285 g/mol. The van der Waals surface area contributed by atoms with Gasteiger partial charge in [0.15, 0.2) is 6.29 Å². The van der Waals surface area contributed by atoms with Crippen molar-refractivity contribution in [2.24, 2.45) is 0 Å². The molecule has 0 N–H and O–H groups in total. The number of hydrogen-bond donors (Lipinski definition) is 0. The highest BCUT2D eigenvalue weighted by Crippen LogP contribution is 2.35. The fourth-order valence-electron chi connectivity index (χ4n) is 1.76. The topological polar surface area (TPSA) is 17.1 Å². The number of hydrogen-bond acceptors (Lipinski definition) is 1. The van der Waals surface area contributed by atoms with E-state index in [0.717, 1.165) is 12.1 Å². The molecule has 0 spiro atoms. The molecule has 0 aliphatic heterocycles. The van der Waals surface area contributed by atoms with E-state index in [-0.39, 0.29) is 5.56 Å². The molecule has 0 aliphatic rings. The van der Waals surface area contributed by atoms with E-state index in [0.29, 0.717) is 22.4 Å². The summed E-state index contributed by atoms with van der Waals surface area (Å²) in [5, 5.41) is 0.380. The average Bonchev–Trinajstić information content (AvgIpc) is 2.37. The Hall–Kier alpha value is -1.81. The Kier molecular flexibility index (Phi) is 3.62. The van der Waals surface area contributed by atoms with E-state index in [1.165, 1.54) is 6.07 Å². The van der Waals surface area contributed by atoms with Crippen molar-refractivity contribution < 1.29 is 18.0 Å². The Bertz CT molecular complexity index is 620. The maximum Gasteiger partial charge on any atom is 0.416 e. The summed E-state index contributed by atoms with van der Waals surface area (Å²) >= 11 is 5.98. The summed E-state index contributed by atoms with van der Waals surface area (Å²) in [6.45, 7) is 0. The monoisotopic (exact) mass is 284 g/mol. The first-order chi connectivity index (χ1) is 8.93. The van der Waals surface area contributed by atoms with Gasteiger partial charge >= 0.3 is 6.18 Å². The quantitative estimate of drug-likeness (QED) is 0.721. The van der Waals surface area contributed by atoms with Crippen LogP contribution in [0.2, 0.25) is 5.02 Å². The predicted molar refractivity (Wildman–Crippen MR) is 67.3 cm³/mol. The van der Waals surface area contributed by atoms with Crippen molar-refractivity contribution in [3.63, 3.8) is 0 Å². The first-order valence-corrected chi connectivity index (χ1v) is 5.72. The van der Waals surface area contributed by atoms with Gasteiger partial charge in [-0.3, -0.25) is 4.79 Å². The number of alkyl halides is 3. The zero-order chi connectivity index (χ0) is 14.0. The van der Waals surface area contributed by atoms with E-state index in [1.54, 1.807) is 24.3 Å². The van der Waals surface area contributed by atoms with Crippen LogP contribution in [0.4, 0.5) is 13.2 Å². The minimum atomic E-state index is -4.48. The Morgan fingerprint density at radius 1 is 1.00 bits per heavy atom. The Morgan fingerprint density at radius 3 is 2.26 bits per heavy atom. The van der Waals surface area contributed by atoms with E-state index in [9.17, 15) is 18.0 Å². The maximum absolute atomic E-state index is 12.6. The van der Waals surface area contributed by atoms with Gasteiger partial charge in [0.05, 0.1) is 5.56 Å². The van der Waals surface area contributed by atoms with Gasteiger partial charge in [0.25, 0.3) is 0 Å². The van der Waals surface area contributed by atoms with Crippen LogP contribution in [0.15, 0.2) is 42.5 Å². The summed E-state index contributed by atoms with van der Waals surface area (Å²) in [4.78, 5) is 11.0. The van der Waals surface area contributed by atoms with Crippen LogP contribution in [0.5, 0.6) is 0 Å². The van der Waals surface area contributed by atoms with Crippen LogP contribution in [0.1, 0.15) is 15.9 Å². The van der Waals surface area contributed by atoms with Gasteiger partial charge < -0.3 is 0 Å². The Labute approximate surface area is 112 Å². The van der Waals surface area contributed by atoms with Crippen molar-refractivity contribution in [3.05, 3.63) is 58.6 Å². The molecular formula is C14H8ClF3O. The van der Waals surface area contributed by atoms with Crippen LogP contribution in [0.25, 0.3) is 11.1 Å². The van der Waals surface area contributed by atoms with Crippen LogP contribution < -0.4 is 0 Å². The molecule has 0 bridgehead atoms. The van der Waals surface area contributed by atoms with Crippen molar-refractivity contribution in [3.8, 4) is 11.1 Å². The molecule has 2 aromatic carbocycles. The van der Waals surface area contributed by atoms with Gasteiger partial charge in [0, 0.05) is 16.1 Å². The molecule has 0 aliphatic carbocycles. The lowest BCUT2D eigenvalue weighted by Crippen LogP contribution is -2.06. The Morgan fingerprint density at radius 2 is 1.68 bits per heavy atom. The molecule has 0 fully saturated rings. The lowest BCUT2D eigenvalue weighted by Gasteiger charge is -2.11. The molecule has 0 atom stereocenters. The molecule has 1 nitrogen and oxygen atoms in total. The van der Waals surface area contributed by atoms with E-state index >= 15 is 0 Å². The highest BCUT2D eigenvalue weighted by molar-refractivity contribution is 6.33. The number of halogens is 4. The van der Waals surface area contributed by atoms with Crippen LogP contribution in [0.3, 0.4) is 0 Å². The third kappa shape index (κ3) is 2.79.